The molecular weight excluding hydrogens is 170 g/mol. The Bertz CT molecular complexity index is 155. The average molecular weight is 197 g/mol. The van der Waals surface area contributed by atoms with Crippen LogP contribution in [0.25, 0.3) is 0 Å². The van der Waals surface area contributed by atoms with Crippen molar-refractivity contribution in [3.05, 3.63) is 0 Å². The van der Waals surface area contributed by atoms with E-state index in [0.717, 1.165) is 5.92 Å². The zero-order valence-electron chi connectivity index (χ0n) is 10.4. The lowest BCUT2D eigenvalue weighted by Crippen LogP contribution is -2.34. The van der Waals surface area contributed by atoms with Gasteiger partial charge < -0.3 is 5.32 Å². The molecule has 0 radical (unpaired) electrons. The molecule has 0 saturated heterocycles. The van der Waals surface area contributed by atoms with Crippen LogP contribution in [0.15, 0.2) is 0 Å². The third kappa shape index (κ3) is 4.45. The highest BCUT2D eigenvalue weighted by Crippen LogP contribution is 2.35. The van der Waals surface area contributed by atoms with Crippen LogP contribution in [0.5, 0.6) is 0 Å². The van der Waals surface area contributed by atoms with Crippen molar-refractivity contribution in [3.63, 3.8) is 0 Å². The molecule has 0 amide bonds. The summed E-state index contributed by atoms with van der Waals surface area (Å²) in [6.45, 7) is 10.4. The van der Waals surface area contributed by atoms with Gasteiger partial charge in [0.05, 0.1) is 0 Å². The summed E-state index contributed by atoms with van der Waals surface area (Å²) in [6.07, 6.45) is 7.31. The van der Waals surface area contributed by atoms with Gasteiger partial charge in [-0.1, -0.05) is 53.4 Å². The quantitative estimate of drug-likeness (QED) is 0.710. The predicted octanol–water partition coefficient (Wildman–Crippen LogP) is 3.59. The summed E-state index contributed by atoms with van der Waals surface area (Å²) in [4.78, 5) is 0. The van der Waals surface area contributed by atoms with E-state index in [9.17, 15) is 0 Å². The summed E-state index contributed by atoms with van der Waals surface area (Å²) in [5, 5.41) is 3.56. The van der Waals surface area contributed by atoms with Crippen LogP contribution >= 0.6 is 0 Å². The van der Waals surface area contributed by atoms with Crippen LogP contribution in [0, 0.1) is 11.3 Å². The van der Waals surface area contributed by atoms with Gasteiger partial charge in [0.2, 0.25) is 0 Å². The zero-order valence-corrected chi connectivity index (χ0v) is 10.4. The van der Waals surface area contributed by atoms with E-state index in [-0.39, 0.29) is 0 Å². The Morgan fingerprint density at radius 1 is 1.21 bits per heavy atom. The molecule has 0 unspecified atom stereocenters. The van der Waals surface area contributed by atoms with E-state index in [1.807, 2.05) is 0 Å². The summed E-state index contributed by atoms with van der Waals surface area (Å²) >= 11 is 0. The molecule has 0 heterocycles. The van der Waals surface area contributed by atoms with Crippen LogP contribution in [0.2, 0.25) is 0 Å². The van der Waals surface area contributed by atoms with Crippen molar-refractivity contribution in [1.29, 1.82) is 0 Å². The molecule has 1 heteroatoms. The molecule has 1 aliphatic rings. The van der Waals surface area contributed by atoms with Gasteiger partial charge in [-0.25, -0.2) is 0 Å². The third-order valence-electron chi connectivity index (χ3n) is 3.30. The molecule has 0 aromatic rings. The zero-order chi connectivity index (χ0) is 10.6. The van der Waals surface area contributed by atoms with E-state index in [1.54, 1.807) is 0 Å². The monoisotopic (exact) mass is 197 g/mol. The Kier molecular flexibility index (Phi) is 4.43. The first-order chi connectivity index (χ1) is 6.49. The molecule has 1 fully saturated rings. The van der Waals surface area contributed by atoms with E-state index in [1.165, 1.54) is 38.6 Å². The summed E-state index contributed by atoms with van der Waals surface area (Å²) < 4.78 is 0. The normalized spacial score (nSPS) is 19.5. The van der Waals surface area contributed by atoms with Crippen molar-refractivity contribution in [2.45, 2.75) is 65.8 Å². The SMILES string of the molecule is CC(C)NCC(C)(C)CC1CCCC1. The van der Waals surface area contributed by atoms with E-state index in [2.05, 4.69) is 33.0 Å². The Morgan fingerprint density at radius 2 is 1.79 bits per heavy atom. The molecular formula is C13H27N. The molecule has 0 atom stereocenters. The summed E-state index contributed by atoms with van der Waals surface area (Å²) in [5.74, 6) is 1.01. The second-order valence-corrected chi connectivity index (χ2v) is 6.05. The molecule has 1 saturated carbocycles. The minimum absolute atomic E-state index is 0.485. The maximum Gasteiger partial charge on any atom is 0.00106 e. The smallest absolute Gasteiger partial charge is 0.00106 e. The molecule has 1 rings (SSSR count). The lowest BCUT2D eigenvalue weighted by molar-refractivity contribution is 0.250. The summed E-state index contributed by atoms with van der Waals surface area (Å²) in [6, 6.07) is 0.623. The summed E-state index contributed by atoms with van der Waals surface area (Å²) in [7, 11) is 0. The minimum atomic E-state index is 0.485. The third-order valence-corrected chi connectivity index (χ3v) is 3.30. The van der Waals surface area contributed by atoms with Crippen LogP contribution in [-0.2, 0) is 0 Å². The molecule has 84 valence electrons. The van der Waals surface area contributed by atoms with Gasteiger partial charge in [0.25, 0.3) is 0 Å². The maximum atomic E-state index is 3.56. The van der Waals surface area contributed by atoms with Gasteiger partial charge in [-0.15, -0.1) is 0 Å². The highest BCUT2D eigenvalue weighted by atomic mass is 14.9. The van der Waals surface area contributed by atoms with Gasteiger partial charge in [0.1, 0.15) is 0 Å². The van der Waals surface area contributed by atoms with Crippen LogP contribution in [-0.4, -0.2) is 12.6 Å². The highest BCUT2D eigenvalue weighted by molar-refractivity contribution is 4.79. The number of hydrogen-bond acceptors (Lipinski definition) is 1. The van der Waals surface area contributed by atoms with E-state index < -0.39 is 0 Å². The van der Waals surface area contributed by atoms with E-state index >= 15 is 0 Å². The Hall–Kier alpha value is -0.0400. The number of hydrogen-bond donors (Lipinski definition) is 1. The second kappa shape index (κ2) is 5.16. The lowest BCUT2D eigenvalue weighted by atomic mass is 9.82. The molecule has 1 aliphatic carbocycles. The predicted molar refractivity (Wildman–Crippen MR) is 63.5 cm³/mol. The van der Waals surface area contributed by atoms with Crippen LogP contribution < -0.4 is 5.32 Å². The fourth-order valence-corrected chi connectivity index (χ4v) is 2.55. The Balaban J connectivity index is 2.25. The Labute approximate surface area is 89.7 Å². The van der Waals surface area contributed by atoms with Gasteiger partial charge in [-0.05, 0) is 17.8 Å². The summed E-state index contributed by atoms with van der Waals surface area (Å²) in [5.41, 5.74) is 0.485. The van der Waals surface area contributed by atoms with Gasteiger partial charge in [0.15, 0.2) is 0 Å². The van der Waals surface area contributed by atoms with Crippen LogP contribution in [0.3, 0.4) is 0 Å². The first kappa shape index (κ1) is 12.0. The fourth-order valence-electron chi connectivity index (χ4n) is 2.55. The molecule has 0 spiro atoms. The minimum Gasteiger partial charge on any atom is -0.314 e. The van der Waals surface area contributed by atoms with Crippen molar-refractivity contribution in [3.8, 4) is 0 Å². The van der Waals surface area contributed by atoms with Gasteiger partial charge in [-0.3, -0.25) is 0 Å². The van der Waals surface area contributed by atoms with Crippen LogP contribution in [0.1, 0.15) is 59.8 Å². The highest BCUT2D eigenvalue weighted by Gasteiger charge is 2.25. The van der Waals surface area contributed by atoms with Crippen molar-refractivity contribution in [2.24, 2.45) is 11.3 Å². The molecule has 0 aromatic carbocycles. The lowest BCUT2D eigenvalue weighted by Gasteiger charge is -2.29. The molecule has 14 heavy (non-hydrogen) atoms. The van der Waals surface area contributed by atoms with E-state index in [0.29, 0.717) is 11.5 Å². The second-order valence-electron chi connectivity index (χ2n) is 6.05. The molecule has 1 nitrogen and oxygen atoms in total. The first-order valence-electron chi connectivity index (χ1n) is 6.23. The topological polar surface area (TPSA) is 12.0 Å². The van der Waals surface area contributed by atoms with Crippen molar-refractivity contribution in [2.75, 3.05) is 6.54 Å². The standard InChI is InChI=1S/C13H27N/c1-11(2)14-10-13(3,4)9-12-7-5-6-8-12/h11-12,14H,5-10H2,1-4H3. The number of nitrogens with one attached hydrogen (secondary N) is 1. The molecule has 0 bridgehead atoms. The van der Waals surface area contributed by atoms with Crippen molar-refractivity contribution in [1.82, 2.24) is 5.32 Å². The average Bonchev–Trinajstić information content (AvgIpc) is 2.53. The number of rotatable bonds is 5. The molecule has 0 aliphatic heterocycles. The maximum absolute atomic E-state index is 3.56. The molecule has 1 N–H and O–H groups in total. The van der Waals surface area contributed by atoms with Crippen molar-refractivity contribution < 1.29 is 0 Å². The molecule has 0 aromatic heterocycles. The van der Waals surface area contributed by atoms with Gasteiger partial charge >= 0.3 is 0 Å². The van der Waals surface area contributed by atoms with Crippen molar-refractivity contribution >= 4 is 0 Å². The Morgan fingerprint density at radius 3 is 2.29 bits per heavy atom. The van der Waals surface area contributed by atoms with Gasteiger partial charge in [-0.2, -0.15) is 0 Å². The van der Waals surface area contributed by atoms with Gasteiger partial charge in [0, 0.05) is 12.6 Å². The first-order valence-corrected chi connectivity index (χ1v) is 6.23. The largest absolute Gasteiger partial charge is 0.314 e. The fraction of sp³-hybridized carbons (Fsp3) is 1.00. The van der Waals surface area contributed by atoms with Crippen LogP contribution in [0.4, 0.5) is 0 Å². The van der Waals surface area contributed by atoms with E-state index in [4.69, 9.17) is 0 Å².